The Hall–Kier alpha value is -1.64. The van der Waals surface area contributed by atoms with Gasteiger partial charge in [-0.25, -0.2) is 9.97 Å². The molecular weight excluding hydrogens is 258 g/mol. The Morgan fingerprint density at radius 2 is 2.21 bits per heavy atom. The van der Waals surface area contributed by atoms with E-state index in [2.05, 4.69) is 27.8 Å². The van der Waals surface area contributed by atoms with Crippen LogP contribution in [0.3, 0.4) is 0 Å². The van der Waals surface area contributed by atoms with E-state index in [1.54, 1.807) is 6.33 Å². The first kappa shape index (κ1) is 12.4. The number of ether oxygens (including phenoxy) is 1. The van der Waals surface area contributed by atoms with Gasteiger partial charge in [0, 0.05) is 13.1 Å². The molecule has 4 nitrogen and oxygen atoms in total. The van der Waals surface area contributed by atoms with Gasteiger partial charge in [-0.1, -0.05) is 5.92 Å². The monoisotopic (exact) mass is 273 g/mol. The fourth-order valence-corrected chi connectivity index (χ4v) is 3.10. The van der Waals surface area contributed by atoms with E-state index in [-0.39, 0.29) is 6.10 Å². The molecule has 5 heteroatoms. The second-order valence-corrected chi connectivity index (χ2v) is 5.82. The van der Waals surface area contributed by atoms with Gasteiger partial charge in [-0.3, -0.25) is 0 Å². The Bertz CT molecular complexity index is 623. The lowest BCUT2D eigenvalue weighted by atomic mass is 10.1. The van der Waals surface area contributed by atoms with Crippen molar-refractivity contribution in [2.75, 3.05) is 20.1 Å². The van der Waals surface area contributed by atoms with Crippen LogP contribution in [0.25, 0.3) is 10.2 Å². The van der Waals surface area contributed by atoms with E-state index < -0.39 is 0 Å². The molecule has 0 N–H and O–H groups in total. The fraction of sp³-hybridized carbons (Fsp3) is 0.429. The second-order valence-electron chi connectivity index (χ2n) is 4.77. The quantitative estimate of drug-likeness (QED) is 0.786. The van der Waals surface area contributed by atoms with E-state index in [1.807, 2.05) is 6.07 Å². The number of hydrogen-bond acceptors (Lipinski definition) is 5. The van der Waals surface area contributed by atoms with Crippen molar-refractivity contribution in [2.24, 2.45) is 0 Å². The molecule has 0 amide bonds. The van der Waals surface area contributed by atoms with Gasteiger partial charge in [0.15, 0.2) is 0 Å². The Balaban J connectivity index is 1.84. The molecule has 2 aromatic heterocycles. The maximum Gasteiger partial charge on any atom is 0.235 e. The van der Waals surface area contributed by atoms with Gasteiger partial charge in [0.2, 0.25) is 5.88 Å². The summed E-state index contributed by atoms with van der Waals surface area (Å²) in [5.41, 5.74) is 0.871. The largest absolute Gasteiger partial charge is 0.473 e. The third-order valence-electron chi connectivity index (χ3n) is 3.36. The maximum atomic E-state index is 6.04. The van der Waals surface area contributed by atoms with Gasteiger partial charge in [0.05, 0.1) is 10.4 Å². The van der Waals surface area contributed by atoms with Crippen LogP contribution in [0.5, 0.6) is 5.88 Å². The molecule has 3 rings (SSSR count). The van der Waals surface area contributed by atoms with E-state index in [1.165, 1.54) is 11.3 Å². The Morgan fingerprint density at radius 3 is 2.95 bits per heavy atom. The number of likely N-dealkylation sites (tertiary alicyclic amines) is 1. The summed E-state index contributed by atoms with van der Waals surface area (Å²) in [6.07, 6.45) is 9.29. The third kappa shape index (κ3) is 2.55. The topological polar surface area (TPSA) is 38.3 Å². The van der Waals surface area contributed by atoms with Crippen LogP contribution in [0.2, 0.25) is 0 Å². The van der Waals surface area contributed by atoms with Crippen LogP contribution in [-0.4, -0.2) is 41.1 Å². The summed E-state index contributed by atoms with van der Waals surface area (Å²) >= 11 is 1.52. The third-order valence-corrected chi connectivity index (χ3v) is 4.41. The smallest absolute Gasteiger partial charge is 0.235 e. The number of terminal acetylenes is 1. The summed E-state index contributed by atoms with van der Waals surface area (Å²) in [5, 5.41) is 0. The molecule has 1 aliphatic heterocycles. The summed E-state index contributed by atoms with van der Waals surface area (Å²) < 4.78 is 6.99. The minimum atomic E-state index is 0.241. The predicted molar refractivity (Wildman–Crippen MR) is 76.5 cm³/mol. The van der Waals surface area contributed by atoms with Gasteiger partial charge in [-0.2, -0.15) is 0 Å². The molecular formula is C14H15N3OS. The normalized spacial score (nSPS) is 17.5. The number of thiophene rings is 1. The summed E-state index contributed by atoms with van der Waals surface area (Å²) in [5.74, 6) is 3.31. The maximum absolute atomic E-state index is 6.04. The second kappa shape index (κ2) is 5.16. The lowest BCUT2D eigenvalue weighted by Gasteiger charge is -2.28. The number of fused-ring (bicyclic) bond motifs is 1. The Morgan fingerprint density at radius 1 is 1.42 bits per heavy atom. The van der Waals surface area contributed by atoms with Gasteiger partial charge in [0.25, 0.3) is 0 Å². The van der Waals surface area contributed by atoms with Crippen LogP contribution >= 0.6 is 11.3 Å². The van der Waals surface area contributed by atoms with Crippen LogP contribution in [0, 0.1) is 12.3 Å². The van der Waals surface area contributed by atoms with Gasteiger partial charge in [0.1, 0.15) is 17.1 Å². The number of hydrogen-bond donors (Lipinski definition) is 0. The van der Waals surface area contributed by atoms with Crippen molar-refractivity contribution in [1.82, 2.24) is 14.9 Å². The first-order chi connectivity index (χ1) is 9.26. The highest BCUT2D eigenvalue weighted by Gasteiger charge is 2.20. The van der Waals surface area contributed by atoms with Crippen LogP contribution in [0.4, 0.5) is 0 Å². The number of piperidine rings is 1. The zero-order valence-electron chi connectivity index (χ0n) is 10.8. The molecule has 1 aliphatic rings. The summed E-state index contributed by atoms with van der Waals surface area (Å²) in [4.78, 5) is 11.7. The zero-order chi connectivity index (χ0) is 13.2. The van der Waals surface area contributed by atoms with Crippen LogP contribution in [0.15, 0.2) is 12.4 Å². The minimum Gasteiger partial charge on any atom is -0.473 e. The molecule has 98 valence electrons. The molecule has 0 bridgehead atoms. The molecule has 0 unspecified atom stereocenters. The van der Waals surface area contributed by atoms with Crippen molar-refractivity contribution >= 4 is 21.6 Å². The molecule has 3 heterocycles. The highest BCUT2D eigenvalue weighted by molar-refractivity contribution is 7.19. The molecule has 0 atom stereocenters. The first-order valence-corrected chi connectivity index (χ1v) is 7.14. The zero-order valence-corrected chi connectivity index (χ0v) is 11.6. The minimum absolute atomic E-state index is 0.241. The van der Waals surface area contributed by atoms with Gasteiger partial charge >= 0.3 is 0 Å². The molecule has 1 saturated heterocycles. The Kier molecular flexibility index (Phi) is 3.36. The van der Waals surface area contributed by atoms with E-state index in [9.17, 15) is 0 Å². The molecule has 1 fully saturated rings. The predicted octanol–water partition coefficient (Wildman–Crippen LogP) is 2.15. The Labute approximate surface area is 116 Å². The molecule has 19 heavy (non-hydrogen) atoms. The molecule has 0 aliphatic carbocycles. The highest BCUT2D eigenvalue weighted by atomic mass is 32.1. The summed E-state index contributed by atoms with van der Waals surface area (Å²) in [7, 11) is 2.14. The molecule has 0 aromatic carbocycles. The van der Waals surface area contributed by atoms with Crippen molar-refractivity contribution < 1.29 is 4.74 Å². The van der Waals surface area contributed by atoms with Crippen molar-refractivity contribution in [3.8, 4) is 18.2 Å². The van der Waals surface area contributed by atoms with Gasteiger partial charge in [-0.05, 0) is 26.0 Å². The van der Waals surface area contributed by atoms with Crippen LogP contribution in [0.1, 0.15) is 17.7 Å². The lowest BCUT2D eigenvalue weighted by molar-refractivity contribution is 0.111. The highest BCUT2D eigenvalue weighted by Crippen LogP contribution is 2.31. The molecule has 2 aromatic rings. The van der Waals surface area contributed by atoms with E-state index >= 15 is 0 Å². The van der Waals surface area contributed by atoms with E-state index in [0.29, 0.717) is 5.88 Å². The van der Waals surface area contributed by atoms with Gasteiger partial charge in [-0.15, -0.1) is 17.8 Å². The molecule has 0 radical (unpaired) electrons. The summed E-state index contributed by atoms with van der Waals surface area (Å²) in [6.45, 7) is 2.14. The average Bonchev–Trinajstić information content (AvgIpc) is 2.85. The SMILES string of the molecule is C#Cc1cc2ncnc(OC3CCN(C)CC3)c2s1. The fourth-order valence-electron chi connectivity index (χ4n) is 2.25. The van der Waals surface area contributed by atoms with Crippen molar-refractivity contribution in [2.45, 2.75) is 18.9 Å². The summed E-state index contributed by atoms with van der Waals surface area (Å²) in [6, 6.07) is 1.91. The van der Waals surface area contributed by atoms with Crippen molar-refractivity contribution in [3.63, 3.8) is 0 Å². The van der Waals surface area contributed by atoms with Crippen molar-refractivity contribution in [1.29, 1.82) is 0 Å². The van der Waals surface area contributed by atoms with E-state index in [0.717, 1.165) is 41.0 Å². The van der Waals surface area contributed by atoms with Gasteiger partial charge < -0.3 is 9.64 Å². The van der Waals surface area contributed by atoms with Crippen molar-refractivity contribution in [3.05, 3.63) is 17.3 Å². The molecule has 0 saturated carbocycles. The van der Waals surface area contributed by atoms with Crippen LogP contribution < -0.4 is 4.74 Å². The van der Waals surface area contributed by atoms with Crippen LogP contribution in [-0.2, 0) is 0 Å². The number of aromatic nitrogens is 2. The molecule has 0 spiro atoms. The average molecular weight is 273 g/mol. The number of nitrogens with zero attached hydrogens (tertiary/aromatic N) is 3. The number of rotatable bonds is 2. The standard InChI is InChI=1S/C14H15N3OS/c1-3-11-8-12-13(19-11)14(16-9-15-12)18-10-4-6-17(2)7-5-10/h1,8-10H,4-7H2,2H3. The lowest BCUT2D eigenvalue weighted by Crippen LogP contribution is -2.35. The first-order valence-electron chi connectivity index (χ1n) is 6.32. The van der Waals surface area contributed by atoms with E-state index in [4.69, 9.17) is 11.2 Å².